The summed E-state index contributed by atoms with van der Waals surface area (Å²) >= 11 is 0. The molecule has 3 atom stereocenters. The molecule has 63 heavy (non-hydrogen) atoms. The summed E-state index contributed by atoms with van der Waals surface area (Å²) in [6.07, 6.45) is 53.1. The summed E-state index contributed by atoms with van der Waals surface area (Å²) in [4.78, 5) is 33.7. The predicted molar refractivity (Wildman–Crippen MR) is 263 cm³/mol. The van der Waals surface area contributed by atoms with Crippen molar-refractivity contribution in [3.05, 3.63) is 0 Å². The number of unbranched alkanes of at least 4 members (excludes halogenated alkanes) is 39. The SMILES string of the molecule is CCCCCCCCCCCCCCCCCCCCCCCC(=O)O[C@H](COCCCCCCCCCCCCCCCCCCCCCC)COP(=O)(O)OC[C@H](N)C(=O)O. The van der Waals surface area contributed by atoms with Crippen LogP contribution in [-0.4, -0.2) is 60.5 Å². The monoisotopic (exact) mass is 918 g/mol. The third-order valence-electron chi connectivity index (χ3n) is 12.4. The van der Waals surface area contributed by atoms with Gasteiger partial charge in [0.05, 0.1) is 19.8 Å². The Morgan fingerprint density at radius 2 is 0.730 bits per heavy atom. The van der Waals surface area contributed by atoms with Gasteiger partial charge < -0.3 is 25.2 Å². The van der Waals surface area contributed by atoms with Crippen molar-refractivity contribution in [3.8, 4) is 0 Å². The van der Waals surface area contributed by atoms with Gasteiger partial charge in [-0.25, -0.2) is 4.57 Å². The molecule has 0 aromatic carbocycles. The van der Waals surface area contributed by atoms with Gasteiger partial charge in [0.25, 0.3) is 0 Å². The maximum absolute atomic E-state index is 12.7. The number of nitrogens with two attached hydrogens (primary N) is 1. The van der Waals surface area contributed by atoms with Crippen molar-refractivity contribution >= 4 is 19.8 Å². The van der Waals surface area contributed by atoms with Crippen molar-refractivity contribution in [3.63, 3.8) is 0 Å². The first-order valence-electron chi connectivity index (χ1n) is 27.1. The number of phosphoric ester groups is 1. The molecule has 0 amide bonds. The average Bonchev–Trinajstić information content (AvgIpc) is 3.26. The molecule has 0 rings (SSSR count). The summed E-state index contributed by atoms with van der Waals surface area (Å²) in [6.45, 7) is 3.97. The van der Waals surface area contributed by atoms with Crippen molar-refractivity contribution in [2.45, 2.75) is 296 Å². The van der Waals surface area contributed by atoms with Crippen LogP contribution in [0, 0.1) is 0 Å². The van der Waals surface area contributed by atoms with Crippen LogP contribution in [-0.2, 0) is 32.7 Å². The molecular formula is C52H104NO9P. The van der Waals surface area contributed by atoms with E-state index in [1.54, 1.807) is 0 Å². The maximum atomic E-state index is 12.7. The van der Waals surface area contributed by atoms with E-state index in [-0.39, 0.29) is 13.0 Å². The van der Waals surface area contributed by atoms with Crippen LogP contribution in [0.5, 0.6) is 0 Å². The summed E-state index contributed by atoms with van der Waals surface area (Å²) < 4.78 is 33.6. The highest BCUT2D eigenvalue weighted by molar-refractivity contribution is 7.47. The molecule has 0 saturated carbocycles. The number of rotatable bonds is 53. The number of hydrogen-bond donors (Lipinski definition) is 3. The fourth-order valence-corrected chi connectivity index (χ4v) is 8.97. The second kappa shape index (κ2) is 48.9. The van der Waals surface area contributed by atoms with Gasteiger partial charge in [0, 0.05) is 13.0 Å². The van der Waals surface area contributed by atoms with E-state index in [1.807, 2.05) is 0 Å². The van der Waals surface area contributed by atoms with Crippen molar-refractivity contribution in [2.24, 2.45) is 5.73 Å². The zero-order valence-corrected chi connectivity index (χ0v) is 42.4. The average molecular weight is 918 g/mol. The quantitative estimate of drug-likeness (QED) is 0.0305. The van der Waals surface area contributed by atoms with E-state index in [0.717, 1.165) is 38.5 Å². The van der Waals surface area contributed by atoms with Crippen molar-refractivity contribution in [2.75, 3.05) is 26.4 Å². The Kier molecular flexibility index (Phi) is 48.1. The molecule has 0 fully saturated rings. The molecule has 0 spiro atoms. The minimum atomic E-state index is -4.62. The molecule has 376 valence electrons. The first-order chi connectivity index (χ1) is 30.7. The van der Waals surface area contributed by atoms with Gasteiger partial charge in [0.15, 0.2) is 0 Å². The zero-order chi connectivity index (χ0) is 46.2. The van der Waals surface area contributed by atoms with Gasteiger partial charge in [-0.05, 0) is 12.8 Å². The molecule has 0 saturated heterocycles. The Bertz CT molecular complexity index is 1020. The van der Waals surface area contributed by atoms with Crippen LogP contribution in [0.15, 0.2) is 0 Å². The lowest BCUT2D eigenvalue weighted by Gasteiger charge is -2.20. The van der Waals surface area contributed by atoms with Gasteiger partial charge in [-0.1, -0.05) is 264 Å². The molecule has 11 heteroatoms. The summed E-state index contributed by atoms with van der Waals surface area (Å²) in [5.41, 5.74) is 5.38. The lowest BCUT2D eigenvalue weighted by molar-refractivity contribution is -0.154. The molecule has 0 aliphatic rings. The Labute approximate surface area is 389 Å². The molecule has 10 nitrogen and oxygen atoms in total. The van der Waals surface area contributed by atoms with Gasteiger partial charge >= 0.3 is 19.8 Å². The van der Waals surface area contributed by atoms with Crippen LogP contribution < -0.4 is 5.73 Å². The molecule has 1 unspecified atom stereocenters. The van der Waals surface area contributed by atoms with Gasteiger partial charge in [0.1, 0.15) is 12.1 Å². The number of carboxylic acids is 1. The smallest absolute Gasteiger partial charge is 0.472 e. The lowest BCUT2D eigenvalue weighted by Crippen LogP contribution is -2.34. The molecule has 0 aromatic heterocycles. The molecule has 0 aliphatic heterocycles. The number of carbonyl (C=O) groups is 2. The van der Waals surface area contributed by atoms with Gasteiger partial charge in [-0.2, -0.15) is 0 Å². The normalized spacial score (nSPS) is 13.6. The standard InChI is InChI=1S/C52H104NO9P/c1-3-5-7-9-11-13-15-17-19-21-23-25-26-28-30-32-34-36-38-40-42-44-51(54)62-49(47-60-63(57,58)61-48-50(53)52(55)56)46-59-45-43-41-39-37-35-33-31-29-27-24-22-20-18-16-14-12-10-8-6-4-2/h49-50H,3-48,53H2,1-2H3,(H,55,56)(H,57,58)/t49-,50+/m1/s1. The van der Waals surface area contributed by atoms with E-state index in [1.165, 1.54) is 225 Å². The first kappa shape index (κ1) is 62.0. The Hall–Kier alpha value is -1.03. The molecule has 0 heterocycles. The molecule has 0 aromatic rings. The van der Waals surface area contributed by atoms with Crippen LogP contribution in [0.25, 0.3) is 0 Å². The second-order valence-electron chi connectivity index (χ2n) is 18.7. The molecule has 0 radical (unpaired) electrons. The van der Waals surface area contributed by atoms with E-state index in [2.05, 4.69) is 13.8 Å². The number of carboxylic acid groups (broad SMARTS) is 1. The third kappa shape index (κ3) is 48.7. The van der Waals surface area contributed by atoms with Crippen molar-refractivity contribution in [1.82, 2.24) is 0 Å². The van der Waals surface area contributed by atoms with Crippen LogP contribution >= 0.6 is 7.82 Å². The largest absolute Gasteiger partial charge is 0.480 e. The van der Waals surface area contributed by atoms with Crippen LogP contribution in [0.1, 0.15) is 284 Å². The number of esters is 1. The van der Waals surface area contributed by atoms with Crippen molar-refractivity contribution in [1.29, 1.82) is 0 Å². The van der Waals surface area contributed by atoms with E-state index < -0.39 is 45.1 Å². The number of phosphoric acid groups is 1. The van der Waals surface area contributed by atoms with E-state index in [9.17, 15) is 19.0 Å². The minimum Gasteiger partial charge on any atom is -0.480 e. The lowest BCUT2D eigenvalue weighted by atomic mass is 10.0. The van der Waals surface area contributed by atoms with E-state index >= 15 is 0 Å². The number of hydrogen-bond acceptors (Lipinski definition) is 8. The number of carbonyl (C=O) groups excluding carboxylic acids is 1. The van der Waals surface area contributed by atoms with Gasteiger partial charge in [0.2, 0.25) is 0 Å². The second-order valence-corrected chi connectivity index (χ2v) is 20.2. The topological polar surface area (TPSA) is 155 Å². The Morgan fingerprint density at radius 1 is 0.444 bits per heavy atom. The van der Waals surface area contributed by atoms with Crippen molar-refractivity contribution < 1.29 is 42.7 Å². The molecular weight excluding hydrogens is 814 g/mol. The first-order valence-corrected chi connectivity index (χ1v) is 28.6. The highest BCUT2D eigenvalue weighted by Gasteiger charge is 2.27. The minimum absolute atomic E-state index is 0.0266. The Balaban J connectivity index is 4.05. The number of ether oxygens (including phenoxy) is 2. The number of aliphatic carboxylic acids is 1. The zero-order valence-electron chi connectivity index (χ0n) is 41.5. The fraction of sp³-hybridized carbons (Fsp3) is 0.962. The van der Waals surface area contributed by atoms with Gasteiger partial charge in [-0.3, -0.25) is 18.6 Å². The summed E-state index contributed by atoms with van der Waals surface area (Å²) in [5, 5.41) is 8.94. The van der Waals surface area contributed by atoms with Crippen LogP contribution in [0.4, 0.5) is 0 Å². The maximum Gasteiger partial charge on any atom is 0.472 e. The summed E-state index contributed by atoms with van der Waals surface area (Å²) in [6, 6.07) is -1.47. The van der Waals surface area contributed by atoms with Crippen LogP contribution in [0.3, 0.4) is 0 Å². The molecule has 4 N–H and O–H groups in total. The fourth-order valence-electron chi connectivity index (χ4n) is 8.20. The van der Waals surface area contributed by atoms with Gasteiger partial charge in [-0.15, -0.1) is 0 Å². The predicted octanol–water partition coefficient (Wildman–Crippen LogP) is 15.9. The highest BCUT2D eigenvalue weighted by Crippen LogP contribution is 2.43. The molecule has 0 bridgehead atoms. The van der Waals surface area contributed by atoms with Crippen LogP contribution in [0.2, 0.25) is 0 Å². The summed E-state index contributed by atoms with van der Waals surface area (Å²) in [7, 11) is -4.62. The highest BCUT2D eigenvalue weighted by atomic mass is 31.2. The third-order valence-corrected chi connectivity index (χ3v) is 13.3. The van der Waals surface area contributed by atoms with E-state index in [0.29, 0.717) is 6.61 Å². The van der Waals surface area contributed by atoms with E-state index in [4.69, 9.17) is 29.4 Å². The molecule has 0 aliphatic carbocycles. The summed E-state index contributed by atoms with van der Waals surface area (Å²) in [5.74, 6) is -1.76. The Morgan fingerprint density at radius 3 is 1.05 bits per heavy atom.